The highest BCUT2D eigenvalue weighted by molar-refractivity contribution is 7.47. The summed E-state index contributed by atoms with van der Waals surface area (Å²) in [6.45, 7) is 12.0. The van der Waals surface area contributed by atoms with Crippen molar-refractivity contribution >= 4 is 39.5 Å². The van der Waals surface area contributed by atoms with E-state index >= 15 is 0 Å². The number of phosphoric ester groups is 2. The number of phosphoric acid groups is 2. The van der Waals surface area contributed by atoms with E-state index in [9.17, 15) is 43.2 Å². The Labute approximate surface area is 696 Å². The molecule has 0 rings (SSSR count). The Morgan fingerprint density at radius 2 is 0.407 bits per heavy atom. The summed E-state index contributed by atoms with van der Waals surface area (Å²) in [5.74, 6) is 0.223. The minimum Gasteiger partial charge on any atom is -0.462 e. The number of carbonyl (C=O) groups excluding carboxylic acids is 4. The van der Waals surface area contributed by atoms with Crippen molar-refractivity contribution in [2.24, 2.45) is 17.8 Å². The van der Waals surface area contributed by atoms with E-state index in [1.54, 1.807) is 0 Å². The Bertz CT molecular complexity index is 2170. The minimum absolute atomic E-state index is 0.107. The molecule has 0 amide bonds. The molecule has 0 spiro atoms. The van der Waals surface area contributed by atoms with Crippen molar-refractivity contribution in [2.75, 3.05) is 39.6 Å². The maximum atomic E-state index is 13.2. The smallest absolute Gasteiger partial charge is 0.462 e. The van der Waals surface area contributed by atoms with Crippen LogP contribution in [0.2, 0.25) is 0 Å². The third-order valence-electron chi connectivity index (χ3n) is 22.1. The van der Waals surface area contributed by atoms with E-state index in [1.165, 1.54) is 308 Å². The highest BCUT2D eigenvalue weighted by Gasteiger charge is 2.31. The van der Waals surface area contributed by atoms with Crippen molar-refractivity contribution < 1.29 is 80.2 Å². The maximum Gasteiger partial charge on any atom is 0.472 e. The largest absolute Gasteiger partial charge is 0.472 e. The van der Waals surface area contributed by atoms with Crippen molar-refractivity contribution in [1.82, 2.24) is 0 Å². The van der Waals surface area contributed by atoms with Gasteiger partial charge in [0.1, 0.15) is 19.3 Å². The molecule has 0 saturated carbocycles. The highest BCUT2D eigenvalue weighted by Crippen LogP contribution is 2.45. The van der Waals surface area contributed by atoms with Crippen LogP contribution in [0.25, 0.3) is 0 Å². The van der Waals surface area contributed by atoms with Gasteiger partial charge in [0.15, 0.2) is 12.2 Å². The monoisotopic (exact) mass is 1650 g/mol. The van der Waals surface area contributed by atoms with Gasteiger partial charge in [-0.1, -0.05) is 453 Å². The summed E-state index contributed by atoms with van der Waals surface area (Å²) in [5, 5.41) is 10.7. The van der Waals surface area contributed by atoms with Crippen LogP contribution in [0.1, 0.15) is 504 Å². The van der Waals surface area contributed by atoms with E-state index in [0.29, 0.717) is 31.6 Å². The number of carbonyl (C=O) groups is 4. The van der Waals surface area contributed by atoms with Gasteiger partial charge in [-0.2, -0.15) is 0 Å². The molecule has 0 aromatic rings. The molecule has 0 aliphatic carbocycles. The predicted molar refractivity (Wildman–Crippen MR) is 469 cm³/mol. The summed E-state index contributed by atoms with van der Waals surface area (Å²) in [6.07, 6.45) is 78.3. The number of hydrogen-bond donors (Lipinski definition) is 3. The van der Waals surface area contributed by atoms with E-state index in [0.717, 1.165) is 108 Å². The lowest BCUT2D eigenvalue weighted by Crippen LogP contribution is -2.30. The van der Waals surface area contributed by atoms with Crippen molar-refractivity contribution in [3.63, 3.8) is 0 Å². The summed E-state index contributed by atoms with van der Waals surface area (Å²) in [5.41, 5.74) is 0. The predicted octanol–water partition coefficient (Wildman–Crippen LogP) is 29.2. The molecule has 113 heavy (non-hydrogen) atoms. The van der Waals surface area contributed by atoms with Gasteiger partial charge >= 0.3 is 39.5 Å². The molecular weight excluding hydrogens is 1460 g/mol. The molecule has 0 aliphatic rings. The molecule has 0 aliphatic heterocycles. The number of unbranched alkanes of at least 4 members (excludes halogenated alkanes) is 60. The second-order valence-electron chi connectivity index (χ2n) is 35.2. The lowest BCUT2D eigenvalue weighted by molar-refractivity contribution is -0.161. The zero-order valence-electron chi connectivity index (χ0n) is 74.9. The standard InChI is InChI=1S/C94H184O17P2/c1-8-9-10-11-12-13-14-15-16-17-18-19-20-21-29-34-39-44-49-54-63-70-77-93(98)110-89(81-104-91(96)75-68-61-53-48-43-38-33-28-24-22-26-31-36-41-46-51-58-65-72-85(2)3)83-108-112(100,101)106-79-88(95)80-107-113(102,103)109-84-90(82-105-92(97)76-69-62-57-56-60-67-74-87(6)7)111-94(99)78-71-64-55-50-45-40-35-30-25-23-27-32-37-42-47-52-59-66-73-86(4)5/h85-90,95H,8-84H2,1-7H3,(H,100,101)(H,102,103)/t88-,89-,90-/m1/s1. The number of ether oxygens (including phenoxy) is 4. The van der Waals surface area contributed by atoms with E-state index in [2.05, 4.69) is 48.5 Å². The number of rotatable bonds is 92. The van der Waals surface area contributed by atoms with Crippen LogP contribution in [0.15, 0.2) is 0 Å². The fourth-order valence-electron chi connectivity index (χ4n) is 14.8. The molecule has 0 aromatic carbocycles. The summed E-state index contributed by atoms with van der Waals surface area (Å²) >= 11 is 0. The molecule has 672 valence electrons. The minimum atomic E-state index is -4.97. The molecule has 19 heteroatoms. The van der Waals surface area contributed by atoms with Gasteiger partial charge in [0.25, 0.3) is 0 Å². The van der Waals surface area contributed by atoms with E-state index in [1.807, 2.05) is 0 Å². The molecular formula is C94H184O17P2. The quantitative estimate of drug-likeness (QED) is 0.0222. The fraction of sp³-hybridized carbons (Fsp3) is 0.957. The SMILES string of the molecule is CCCCCCCCCCCCCCCCCCCCCCCCC(=O)O[C@H](COC(=O)CCCCCCCCCCCCCCCCCCCCC(C)C)COP(=O)(O)OC[C@@H](O)COP(=O)(O)OC[C@@H](COC(=O)CCCCCCCCC(C)C)OC(=O)CCCCCCCCCCCCCCCCCCCCC(C)C. The molecule has 0 radical (unpaired) electrons. The van der Waals surface area contributed by atoms with Crippen molar-refractivity contribution in [3.05, 3.63) is 0 Å². The molecule has 17 nitrogen and oxygen atoms in total. The Balaban J connectivity index is 5.18. The average Bonchev–Trinajstić information content (AvgIpc) is 0.894. The van der Waals surface area contributed by atoms with Crippen molar-refractivity contribution in [1.29, 1.82) is 0 Å². The normalized spacial score (nSPS) is 13.7. The van der Waals surface area contributed by atoms with Gasteiger partial charge in [0, 0.05) is 25.7 Å². The Kier molecular flexibility index (Phi) is 82.3. The summed E-state index contributed by atoms with van der Waals surface area (Å²) in [4.78, 5) is 73.4. The summed E-state index contributed by atoms with van der Waals surface area (Å²) in [7, 11) is -9.94. The van der Waals surface area contributed by atoms with Crippen LogP contribution in [-0.2, 0) is 65.4 Å². The Morgan fingerprint density at radius 1 is 0.239 bits per heavy atom. The molecule has 5 atom stereocenters. The molecule has 3 N–H and O–H groups in total. The molecule has 0 fully saturated rings. The first-order valence-corrected chi connectivity index (χ1v) is 51.3. The second kappa shape index (κ2) is 83.7. The summed E-state index contributed by atoms with van der Waals surface area (Å²) < 4.78 is 69.1. The van der Waals surface area contributed by atoms with E-state index in [-0.39, 0.29) is 25.7 Å². The van der Waals surface area contributed by atoms with Gasteiger partial charge in [-0.15, -0.1) is 0 Å². The van der Waals surface area contributed by atoms with Crippen LogP contribution < -0.4 is 0 Å². The zero-order chi connectivity index (χ0) is 82.9. The first-order valence-electron chi connectivity index (χ1n) is 48.3. The topological polar surface area (TPSA) is 237 Å². The van der Waals surface area contributed by atoms with Gasteiger partial charge in [-0.25, -0.2) is 9.13 Å². The number of esters is 4. The van der Waals surface area contributed by atoms with Gasteiger partial charge in [0.2, 0.25) is 0 Å². The number of hydrogen-bond acceptors (Lipinski definition) is 15. The van der Waals surface area contributed by atoms with Crippen LogP contribution in [0.3, 0.4) is 0 Å². The molecule has 0 saturated heterocycles. The van der Waals surface area contributed by atoms with Crippen LogP contribution in [0.4, 0.5) is 0 Å². The van der Waals surface area contributed by atoms with Crippen molar-refractivity contribution in [2.45, 2.75) is 523 Å². The third kappa shape index (κ3) is 87.7. The second-order valence-corrected chi connectivity index (χ2v) is 38.1. The van der Waals surface area contributed by atoms with E-state index < -0.39 is 97.5 Å². The molecule has 2 unspecified atom stereocenters. The Morgan fingerprint density at radius 3 is 0.602 bits per heavy atom. The molecule has 0 heterocycles. The van der Waals surface area contributed by atoms with Crippen LogP contribution in [0.5, 0.6) is 0 Å². The number of aliphatic hydroxyl groups excluding tert-OH is 1. The van der Waals surface area contributed by atoms with Crippen LogP contribution in [-0.4, -0.2) is 96.7 Å². The van der Waals surface area contributed by atoms with Gasteiger partial charge in [-0.05, 0) is 43.4 Å². The fourth-order valence-corrected chi connectivity index (χ4v) is 16.4. The van der Waals surface area contributed by atoms with Gasteiger partial charge in [-0.3, -0.25) is 37.3 Å². The Hall–Kier alpha value is -1.94. The first-order chi connectivity index (χ1) is 54.7. The van der Waals surface area contributed by atoms with Crippen molar-refractivity contribution in [3.8, 4) is 0 Å². The van der Waals surface area contributed by atoms with Crippen LogP contribution >= 0.6 is 15.6 Å². The first kappa shape index (κ1) is 111. The lowest BCUT2D eigenvalue weighted by atomic mass is 10.0. The third-order valence-corrected chi connectivity index (χ3v) is 24.0. The number of aliphatic hydroxyl groups is 1. The zero-order valence-corrected chi connectivity index (χ0v) is 76.7. The highest BCUT2D eigenvalue weighted by atomic mass is 31.2. The molecule has 0 bridgehead atoms. The average molecular weight is 1650 g/mol. The summed E-state index contributed by atoms with van der Waals surface area (Å²) in [6, 6.07) is 0. The van der Waals surface area contributed by atoms with E-state index in [4.69, 9.17) is 37.0 Å². The van der Waals surface area contributed by atoms with Gasteiger partial charge in [0.05, 0.1) is 26.4 Å². The molecule has 0 aromatic heterocycles. The lowest BCUT2D eigenvalue weighted by Gasteiger charge is -2.21. The van der Waals surface area contributed by atoms with Crippen LogP contribution in [0, 0.1) is 17.8 Å². The van der Waals surface area contributed by atoms with Gasteiger partial charge < -0.3 is 33.8 Å². The maximum absolute atomic E-state index is 13.2.